The topological polar surface area (TPSA) is 87.5 Å². The van der Waals surface area contributed by atoms with Crippen molar-refractivity contribution in [1.82, 2.24) is 15.6 Å². The van der Waals surface area contributed by atoms with E-state index < -0.39 is 0 Å². The van der Waals surface area contributed by atoms with Crippen molar-refractivity contribution in [1.29, 1.82) is 0 Å². The van der Waals surface area contributed by atoms with Crippen LogP contribution in [0.25, 0.3) is 0 Å². The van der Waals surface area contributed by atoms with Gasteiger partial charge >= 0.3 is 0 Å². The quantitative estimate of drug-likeness (QED) is 0.358. The fourth-order valence-corrected chi connectivity index (χ4v) is 2.44. The molecule has 4 N–H and O–H groups in total. The zero-order valence-corrected chi connectivity index (χ0v) is 11.4. The number of carbonyl (C=O) groups is 2. The van der Waals surface area contributed by atoms with Crippen LogP contribution in [0.3, 0.4) is 0 Å². The number of nitrogens with two attached hydrogens (primary N) is 1. The van der Waals surface area contributed by atoms with Crippen LogP contribution in [0.1, 0.15) is 26.7 Å². The minimum atomic E-state index is -0.147. The second-order valence-electron chi connectivity index (χ2n) is 4.96. The number of nitrogens with one attached hydrogen (secondary N) is 2. The number of hydrogen-bond acceptors (Lipinski definition) is 4. The standard InChI is InChI=1S/C12H24N4O2/c1-8(11(17)15-13)9(2)16-6-4-10(5-7-16)12(18)14-3/h8-10H,4-7,13H2,1-3H3,(H,14,18)(H,15,17). The third-order valence-electron chi connectivity index (χ3n) is 4.00. The van der Waals surface area contributed by atoms with Gasteiger partial charge in [0.15, 0.2) is 0 Å². The Bertz CT molecular complexity index is 300. The van der Waals surface area contributed by atoms with Crippen molar-refractivity contribution in [3.63, 3.8) is 0 Å². The van der Waals surface area contributed by atoms with Crippen molar-refractivity contribution < 1.29 is 9.59 Å². The number of nitrogens with zero attached hydrogens (tertiary/aromatic N) is 1. The first-order valence-electron chi connectivity index (χ1n) is 6.47. The molecular weight excluding hydrogens is 232 g/mol. The van der Waals surface area contributed by atoms with E-state index in [1.165, 1.54) is 0 Å². The van der Waals surface area contributed by atoms with Gasteiger partial charge in [-0.25, -0.2) is 5.84 Å². The number of hydrogen-bond donors (Lipinski definition) is 3. The number of rotatable bonds is 4. The van der Waals surface area contributed by atoms with E-state index in [1.807, 2.05) is 13.8 Å². The van der Waals surface area contributed by atoms with E-state index in [1.54, 1.807) is 7.05 Å². The monoisotopic (exact) mass is 256 g/mol. The predicted molar refractivity (Wildman–Crippen MR) is 69.3 cm³/mol. The van der Waals surface area contributed by atoms with Crippen molar-refractivity contribution in [3.05, 3.63) is 0 Å². The minimum absolute atomic E-state index is 0.108. The number of likely N-dealkylation sites (tertiary alicyclic amines) is 1. The van der Waals surface area contributed by atoms with E-state index in [2.05, 4.69) is 15.6 Å². The average Bonchev–Trinajstić information content (AvgIpc) is 2.44. The van der Waals surface area contributed by atoms with Gasteiger partial charge in [0.05, 0.1) is 5.92 Å². The highest BCUT2D eigenvalue weighted by Crippen LogP contribution is 2.21. The van der Waals surface area contributed by atoms with Crippen molar-refractivity contribution in [2.45, 2.75) is 32.7 Å². The van der Waals surface area contributed by atoms with Crippen LogP contribution in [0.2, 0.25) is 0 Å². The lowest BCUT2D eigenvalue weighted by Gasteiger charge is -2.37. The summed E-state index contributed by atoms with van der Waals surface area (Å²) in [5.41, 5.74) is 2.19. The second-order valence-corrected chi connectivity index (χ2v) is 4.96. The predicted octanol–water partition coefficient (Wildman–Crippen LogP) is -0.541. The molecule has 0 radical (unpaired) electrons. The van der Waals surface area contributed by atoms with Crippen molar-refractivity contribution in [2.24, 2.45) is 17.7 Å². The van der Waals surface area contributed by atoms with E-state index in [4.69, 9.17) is 5.84 Å². The SMILES string of the molecule is CNC(=O)C1CCN(C(C)C(C)C(=O)NN)CC1. The van der Waals surface area contributed by atoms with Crippen LogP contribution < -0.4 is 16.6 Å². The molecule has 0 aromatic rings. The summed E-state index contributed by atoms with van der Waals surface area (Å²) in [5.74, 6) is 5.09. The molecule has 0 aromatic carbocycles. The molecule has 1 fully saturated rings. The van der Waals surface area contributed by atoms with E-state index in [0.717, 1.165) is 25.9 Å². The smallest absolute Gasteiger partial charge is 0.238 e. The lowest BCUT2D eigenvalue weighted by Crippen LogP contribution is -2.49. The van der Waals surface area contributed by atoms with Gasteiger partial charge < -0.3 is 5.32 Å². The van der Waals surface area contributed by atoms with Gasteiger partial charge in [0.2, 0.25) is 11.8 Å². The molecule has 1 heterocycles. The molecule has 0 saturated carbocycles. The molecule has 1 rings (SSSR count). The molecule has 2 amide bonds. The van der Waals surface area contributed by atoms with Crippen molar-refractivity contribution in [3.8, 4) is 0 Å². The van der Waals surface area contributed by atoms with Gasteiger partial charge in [-0.15, -0.1) is 0 Å². The number of carbonyl (C=O) groups excluding carboxylic acids is 2. The van der Waals surface area contributed by atoms with Gasteiger partial charge in [-0.1, -0.05) is 6.92 Å². The van der Waals surface area contributed by atoms with Gasteiger partial charge in [-0.2, -0.15) is 0 Å². The normalized spacial score (nSPS) is 21.1. The summed E-state index contributed by atoms with van der Waals surface area (Å²) in [6.07, 6.45) is 1.70. The molecule has 6 heteroatoms. The summed E-state index contributed by atoms with van der Waals surface area (Å²) in [7, 11) is 1.67. The highest BCUT2D eigenvalue weighted by Gasteiger charge is 2.30. The second kappa shape index (κ2) is 6.70. The molecular formula is C12H24N4O2. The molecule has 1 saturated heterocycles. The first-order valence-corrected chi connectivity index (χ1v) is 6.47. The number of amides is 2. The largest absolute Gasteiger partial charge is 0.359 e. The Balaban J connectivity index is 2.47. The third kappa shape index (κ3) is 3.43. The molecule has 1 aliphatic rings. The Labute approximate surface area is 108 Å². The molecule has 18 heavy (non-hydrogen) atoms. The van der Waals surface area contributed by atoms with Crippen LogP contribution in [0, 0.1) is 11.8 Å². The molecule has 0 aliphatic carbocycles. The fraction of sp³-hybridized carbons (Fsp3) is 0.833. The number of hydrazine groups is 1. The molecule has 0 aromatic heterocycles. The molecule has 2 unspecified atom stereocenters. The van der Waals surface area contributed by atoms with Crippen molar-refractivity contribution in [2.75, 3.05) is 20.1 Å². The van der Waals surface area contributed by atoms with E-state index in [0.29, 0.717) is 0 Å². The molecule has 2 atom stereocenters. The molecule has 104 valence electrons. The number of piperidine rings is 1. The Kier molecular flexibility index (Phi) is 5.55. The summed E-state index contributed by atoms with van der Waals surface area (Å²) in [5, 5.41) is 2.69. The van der Waals surface area contributed by atoms with Gasteiger partial charge in [-0.05, 0) is 32.9 Å². The Hall–Kier alpha value is -1.14. The molecule has 1 aliphatic heterocycles. The molecule has 6 nitrogen and oxygen atoms in total. The first kappa shape index (κ1) is 14.9. The Morgan fingerprint density at radius 1 is 1.28 bits per heavy atom. The van der Waals surface area contributed by atoms with Crippen LogP contribution in [0.5, 0.6) is 0 Å². The van der Waals surface area contributed by atoms with Gasteiger partial charge in [0.25, 0.3) is 0 Å². The van der Waals surface area contributed by atoms with Crippen LogP contribution in [-0.2, 0) is 9.59 Å². The van der Waals surface area contributed by atoms with Gasteiger partial charge in [0.1, 0.15) is 0 Å². The first-order chi connectivity index (χ1) is 8.51. The van der Waals surface area contributed by atoms with E-state index in [9.17, 15) is 9.59 Å². The van der Waals surface area contributed by atoms with E-state index >= 15 is 0 Å². The lowest BCUT2D eigenvalue weighted by molar-refractivity contribution is -0.129. The Morgan fingerprint density at radius 2 is 1.83 bits per heavy atom. The zero-order chi connectivity index (χ0) is 13.7. The maximum absolute atomic E-state index is 11.5. The van der Waals surface area contributed by atoms with Crippen LogP contribution in [0.15, 0.2) is 0 Å². The lowest BCUT2D eigenvalue weighted by atomic mass is 9.92. The van der Waals surface area contributed by atoms with Crippen LogP contribution >= 0.6 is 0 Å². The summed E-state index contributed by atoms with van der Waals surface area (Å²) in [4.78, 5) is 25.3. The molecule has 0 spiro atoms. The summed E-state index contributed by atoms with van der Waals surface area (Å²) in [6, 6.07) is 0.138. The zero-order valence-electron chi connectivity index (χ0n) is 11.4. The third-order valence-corrected chi connectivity index (χ3v) is 4.00. The van der Waals surface area contributed by atoms with Gasteiger partial charge in [-0.3, -0.25) is 19.9 Å². The highest BCUT2D eigenvalue weighted by molar-refractivity contribution is 5.79. The fourth-order valence-electron chi connectivity index (χ4n) is 2.44. The van der Waals surface area contributed by atoms with E-state index in [-0.39, 0.29) is 29.7 Å². The maximum atomic E-state index is 11.5. The summed E-state index contributed by atoms with van der Waals surface area (Å²) >= 11 is 0. The van der Waals surface area contributed by atoms with Crippen LogP contribution in [0.4, 0.5) is 0 Å². The minimum Gasteiger partial charge on any atom is -0.359 e. The average molecular weight is 256 g/mol. The van der Waals surface area contributed by atoms with Gasteiger partial charge in [0, 0.05) is 19.0 Å². The molecule has 0 bridgehead atoms. The van der Waals surface area contributed by atoms with Crippen LogP contribution in [-0.4, -0.2) is 42.9 Å². The van der Waals surface area contributed by atoms with Crippen molar-refractivity contribution >= 4 is 11.8 Å². The summed E-state index contributed by atoms with van der Waals surface area (Å²) < 4.78 is 0. The highest BCUT2D eigenvalue weighted by atomic mass is 16.2. The summed E-state index contributed by atoms with van der Waals surface area (Å²) in [6.45, 7) is 5.60. The maximum Gasteiger partial charge on any atom is 0.238 e. The Morgan fingerprint density at radius 3 is 2.28 bits per heavy atom.